The number of hydrogen-bond donors (Lipinski definition) is 0. The zero-order chi connectivity index (χ0) is 27.9. The van der Waals surface area contributed by atoms with Crippen LogP contribution in [0.5, 0.6) is 0 Å². The molecule has 0 saturated carbocycles. The van der Waals surface area contributed by atoms with Crippen molar-refractivity contribution in [1.82, 2.24) is 0 Å². The predicted molar refractivity (Wildman–Crippen MR) is 182 cm³/mol. The lowest BCUT2D eigenvalue weighted by Gasteiger charge is -2.28. The van der Waals surface area contributed by atoms with E-state index >= 15 is 0 Å². The average Bonchev–Trinajstić information content (AvgIpc) is 3.46. The number of para-hydroxylation sites is 1. The molecular formula is C40H27NS. The van der Waals surface area contributed by atoms with Crippen molar-refractivity contribution in [3.05, 3.63) is 164 Å². The Balaban J connectivity index is 1.44. The standard InChI is InChI=1S/C40H27NS/c1-4-14-28(15-5-1)31-26-30-18-10-11-21-33(30)38(27-31)41(32-19-8-3-9-20-32)37-25-13-24-36-35-23-12-22-34(39(35)42-40(36)37)29-16-6-2-7-17-29/h1-27H. The van der Waals surface area contributed by atoms with Crippen LogP contribution in [0.25, 0.3) is 53.2 Å². The maximum Gasteiger partial charge on any atom is 0.0640 e. The van der Waals surface area contributed by atoms with Crippen LogP contribution in [0.15, 0.2) is 164 Å². The highest BCUT2D eigenvalue weighted by Gasteiger charge is 2.21. The summed E-state index contributed by atoms with van der Waals surface area (Å²) in [6, 6.07) is 59.1. The Morgan fingerprint density at radius 1 is 0.381 bits per heavy atom. The van der Waals surface area contributed by atoms with Gasteiger partial charge in [-0.2, -0.15) is 0 Å². The van der Waals surface area contributed by atoms with E-state index in [0.29, 0.717) is 0 Å². The van der Waals surface area contributed by atoms with Gasteiger partial charge in [0.25, 0.3) is 0 Å². The Morgan fingerprint density at radius 2 is 0.976 bits per heavy atom. The smallest absolute Gasteiger partial charge is 0.0640 e. The van der Waals surface area contributed by atoms with E-state index in [2.05, 4.69) is 169 Å². The van der Waals surface area contributed by atoms with Crippen molar-refractivity contribution in [3.63, 3.8) is 0 Å². The van der Waals surface area contributed by atoms with E-state index in [-0.39, 0.29) is 0 Å². The normalized spacial score (nSPS) is 11.3. The van der Waals surface area contributed by atoms with Gasteiger partial charge in [0.2, 0.25) is 0 Å². The predicted octanol–water partition coefficient (Wildman–Crippen LogP) is 12.0. The third-order valence-corrected chi connectivity index (χ3v) is 9.31. The van der Waals surface area contributed by atoms with Crippen LogP contribution >= 0.6 is 11.3 Å². The number of nitrogens with zero attached hydrogens (tertiary/aromatic N) is 1. The molecule has 1 heterocycles. The van der Waals surface area contributed by atoms with Gasteiger partial charge in [-0.05, 0) is 58.0 Å². The lowest BCUT2D eigenvalue weighted by molar-refractivity contribution is 1.32. The van der Waals surface area contributed by atoms with E-state index in [1.54, 1.807) is 0 Å². The Bertz CT molecular complexity index is 2180. The second kappa shape index (κ2) is 10.3. The summed E-state index contributed by atoms with van der Waals surface area (Å²) in [4.78, 5) is 2.45. The van der Waals surface area contributed by atoms with Gasteiger partial charge >= 0.3 is 0 Å². The molecule has 0 N–H and O–H groups in total. The van der Waals surface area contributed by atoms with E-state index < -0.39 is 0 Å². The average molecular weight is 554 g/mol. The van der Waals surface area contributed by atoms with Crippen LogP contribution in [-0.2, 0) is 0 Å². The number of rotatable bonds is 5. The largest absolute Gasteiger partial charge is 0.308 e. The van der Waals surface area contributed by atoms with Gasteiger partial charge in [0.05, 0.1) is 16.1 Å². The molecule has 1 nitrogen and oxygen atoms in total. The molecule has 0 amide bonds. The molecular weight excluding hydrogens is 527 g/mol. The third-order valence-electron chi connectivity index (χ3n) is 8.03. The number of anilines is 3. The van der Waals surface area contributed by atoms with Gasteiger partial charge in [0.1, 0.15) is 0 Å². The highest BCUT2D eigenvalue weighted by atomic mass is 32.1. The Morgan fingerprint density at radius 3 is 1.74 bits per heavy atom. The highest BCUT2D eigenvalue weighted by molar-refractivity contribution is 7.27. The molecule has 0 radical (unpaired) electrons. The van der Waals surface area contributed by atoms with Crippen LogP contribution in [0.4, 0.5) is 17.1 Å². The minimum atomic E-state index is 1.14. The van der Waals surface area contributed by atoms with Gasteiger partial charge < -0.3 is 4.90 Å². The quantitative estimate of drug-likeness (QED) is 0.205. The fourth-order valence-corrected chi connectivity index (χ4v) is 7.42. The van der Waals surface area contributed by atoms with Crippen molar-refractivity contribution in [2.45, 2.75) is 0 Å². The van der Waals surface area contributed by atoms with Gasteiger partial charge in [-0.15, -0.1) is 11.3 Å². The Kier molecular flexibility index (Phi) is 6.05. The molecule has 0 aliphatic rings. The first kappa shape index (κ1) is 24.6. The van der Waals surface area contributed by atoms with Gasteiger partial charge in [-0.1, -0.05) is 133 Å². The van der Waals surface area contributed by atoms with Crippen molar-refractivity contribution >= 4 is 59.3 Å². The molecule has 0 aliphatic heterocycles. The maximum atomic E-state index is 2.45. The van der Waals surface area contributed by atoms with Gasteiger partial charge in [-0.25, -0.2) is 0 Å². The maximum absolute atomic E-state index is 2.45. The number of hydrogen-bond acceptors (Lipinski definition) is 2. The minimum absolute atomic E-state index is 1.14. The molecule has 0 aliphatic carbocycles. The van der Waals surface area contributed by atoms with Crippen molar-refractivity contribution in [2.75, 3.05) is 4.90 Å². The molecule has 8 rings (SSSR count). The molecule has 0 atom stereocenters. The number of benzene rings is 7. The summed E-state index contributed by atoms with van der Waals surface area (Å²) in [6.45, 7) is 0. The van der Waals surface area contributed by atoms with Gasteiger partial charge in [-0.3, -0.25) is 0 Å². The molecule has 8 aromatic rings. The van der Waals surface area contributed by atoms with Gasteiger partial charge in [0.15, 0.2) is 0 Å². The lowest BCUT2D eigenvalue weighted by atomic mass is 9.98. The van der Waals surface area contributed by atoms with Gasteiger partial charge in [0, 0.05) is 26.5 Å². The summed E-state index contributed by atoms with van der Waals surface area (Å²) in [5.41, 5.74) is 8.45. The zero-order valence-corrected chi connectivity index (χ0v) is 23.8. The molecule has 0 saturated heterocycles. The van der Waals surface area contributed by atoms with E-state index in [1.807, 2.05) is 11.3 Å². The van der Waals surface area contributed by atoms with E-state index in [1.165, 1.54) is 64.6 Å². The Labute approximate surface area is 249 Å². The molecule has 198 valence electrons. The molecule has 7 aromatic carbocycles. The highest BCUT2D eigenvalue weighted by Crippen LogP contribution is 2.48. The van der Waals surface area contributed by atoms with Crippen molar-refractivity contribution in [2.24, 2.45) is 0 Å². The Hall–Kier alpha value is -5.18. The van der Waals surface area contributed by atoms with Crippen LogP contribution in [-0.4, -0.2) is 0 Å². The number of thiophene rings is 1. The lowest BCUT2D eigenvalue weighted by Crippen LogP contribution is -2.10. The molecule has 1 aromatic heterocycles. The van der Waals surface area contributed by atoms with E-state index in [0.717, 1.165) is 5.69 Å². The summed E-state index contributed by atoms with van der Waals surface area (Å²) in [6.07, 6.45) is 0. The van der Waals surface area contributed by atoms with Crippen molar-refractivity contribution in [1.29, 1.82) is 0 Å². The molecule has 0 bridgehead atoms. The summed E-state index contributed by atoms with van der Waals surface area (Å²) in [5, 5.41) is 5.04. The molecule has 2 heteroatoms. The van der Waals surface area contributed by atoms with Crippen LogP contribution in [0.1, 0.15) is 0 Å². The zero-order valence-electron chi connectivity index (χ0n) is 22.9. The first-order valence-electron chi connectivity index (χ1n) is 14.3. The topological polar surface area (TPSA) is 3.24 Å². The van der Waals surface area contributed by atoms with Crippen LogP contribution in [0, 0.1) is 0 Å². The molecule has 0 fully saturated rings. The summed E-state index contributed by atoms with van der Waals surface area (Å²) >= 11 is 1.89. The summed E-state index contributed by atoms with van der Waals surface area (Å²) < 4.78 is 2.61. The SMILES string of the molecule is c1ccc(-c2cc(N(c3ccccc3)c3cccc4c3sc3c(-c5ccccc5)cccc34)c3ccccc3c2)cc1. The molecule has 0 unspecified atom stereocenters. The molecule has 0 spiro atoms. The second-order valence-electron chi connectivity index (χ2n) is 10.6. The van der Waals surface area contributed by atoms with Crippen molar-refractivity contribution < 1.29 is 0 Å². The molecule has 42 heavy (non-hydrogen) atoms. The second-order valence-corrected chi connectivity index (χ2v) is 11.6. The monoisotopic (exact) mass is 553 g/mol. The fraction of sp³-hybridized carbons (Fsp3) is 0. The van der Waals surface area contributed by atoms with Crippen LogP contribution in [0.2, 0.25) is 0 Å². The summed E-state index contributed by atoms with van der Waals surface area (Å²) in [5.74, 6) is 0. The summed E-state index contributed by atoms with van der Waals surface area (Å²) in [7, 11) is 0. The number of fused-ring (bicyclic) bond motifs is 4. The van der Waals surface area contributed by atoms with Crippen LogP contribution < -0.4 is 4.90 Å². The fourth-order valence-electron chi connectivity index (χ4n) is 6.08. The van der Waals surface area contributed by atoms with Crippen LogP contribution in [0.3, 0.4) is 0 Å². The third kappa shape index (κ3) is 4.16. The first-order chi connectivity index (χ1) is 20.8. The minimum Gasteiger partial charge on any atom is -0.308 e. The van der Waals surface area contributed by atoms with Crippen molar-refractivity contribution in [3.8, 4) is 22.3 Å². The van der Waals surface area contributed by atoms with E-state index in [4.69, 9.17) is 0 Å². The van der Waals surface area contributed by atoms with E-state index in [9.17, 15) is 0 Å². The first-order valence-corrected chi connectivity index (χ1v) is 15.1.